The summed E-state index contributed by atoms with van der Waals surface area (Å²) >= 11 is 5.72. The second-order valence-electron chi connectivity index (χ2n) is 4.74. The fraction of sp³-hybridized carbons (Fsp3) is 0.538. The quantitative estimate of drug-likeness (QED) is 0.806. The van der Waals surface area contributed by atoms with Crippen LogP contribution in [0.15, 0.2) is 18.2 Å². The van der Waals surface area contributed by atoms with Gasteiger partial charge >= 0.3 is 0 Å². The third-order valence-electron chi connectivity index (χ3n) is 3.23. The summed E-state index contributed by atoms with van der Waals surface area (Å²) in [4.78, 5) is 0. The van der Waals surface area contributed by atoms with Crippen LogP contribution in [0.1, 0.15) is 32.6 Å². The molecule has 0 amide bonds. The Kier molecular flexibility index (Phi) is 3.70. The van der Waals surface area contributed by atoms with Gasteiger partial charge in [0, 0.05) is 11.1 Å². The van der Waals surface area contributed by atoms with Crippen LogP contribution in [0, 0.1) is 11.7 Å². The summed E-state index contributed by atoms with van der Waals surface area (Å²) in [6.07, 6.45) is 4.78. The van der Waals surface area contributed by atoms with Crippen LogP contribution in [0.5, 0.6) is 0 Å². The van der Waals surface area contributed by atoms with Crippen molar-refractivity contribution in [3.05, 3.63) is 29.0 Å². The molecule has 0 bridgehead atoms. The maximum Gasteiger partial charge on any atom is 0.147 e. The van der Waals surface area contributed by atoms with Crippen LogP contribution >= 0.6 is 11.6 Å². The van der Waals surface area contributed by atoms with Crippen LogP contribution < -0.4 is 5.32 Å². The normalized spacial score (nSPS) is 25.4. The van der Waals surface area contributed by atoms with Crippen LogP contribution in [0.3, 0.4) is 0 Å². The Bertz CT molecular complexity index is 367. The molecule has 1 nitrogen and oxygen atoms in total. The molecule has 1 aliphatic rings. The number of halogens is 2. The Labute approximate surface area is 101 Å². The molecule has 0 radical (unpaired) electrons. The van der Waals surface area contributed by atoms with Gasteiger partial charge in [-0.05, 0) is 37.0 Å². The number of rotatable bonds is 2. The minimum absolute atomic E-state index is 0.259. The second kappa shape index (κ2) is 5.05. The first kappa shape index (κ1) is 11.7. The maximum atomic E-state index is 13.6. The van der Waals surface area contributed by atoms with Crippen molar-refractivity contribution in [1.82, 2.24) is 0 Å². The van der Waals surface area contributed by atoms with E-state index in [9.17, 15) is 4.39 Å². The highest BCUT2D eigenvalue weighted by Gasteiger charge is 2.19. The Morgan fingerprint density at radius 2 is 2.19 bits per heavy atom. The van der Waals surface area contributed by atoms with Gasteiger partial charge in [0.1, 0.15) is 5.82 Å². The molecular formula is C13H17ClFN. The molecule has 88 valence electrons. The summed E-state index contributed by atoms with van der Waals surface area (Å²) in [7, 11) is 0. The molecular weight excluding hydrogens is 225 g/mol. The van der Waals surface area contributed by atoms with Gasteiger partial charge in [-0.3, -0.25) is 0 Å². The highest BCUT2D eigenvalue weighted by molar-refractivity contribution is 6.30. The Morgan fingerprint density at radius 1 is 1.38 bits per heavy atom. The Hall–Kier alpha value is -0.760. The standard InChI is InChI=1S/C13H17ClFN/c1-9-3-2-4-11(7-9)16-13-6-5-10(14)8-12(13)15/h5-6,8-9,11,16H,2-4,7H2,1H3. The lowest BCUT2D eigenvalue weighted by Gasteiger charge is -2.28. The molecule has 0 saturated heterocycles. The van der Waals surface area contributed by atoms with Crippen molar-refractivity contribution in [3.8, 4) is 0 Å². The van der Waals surface area contributed by atoms with Gasteiger partial charge in [0.25, 0.3) is 0 Å². The molecule has 2 atom stereocenters. The molecule has 1 aromatic carbocycles. The molecule has 3 heteroatoms. The highest BCUT2D eigenvalue weighted by Crippen LogP contribution is 2.27. The average molecular weight is 242 g/mol. The van der Waals surface area contributed by atoms with Crippen LogP contribution in [-0.2, 0) is 0 Å². The summed E-state index contributed by atoms with van der Waals surface area (Å²) in [6.45, 7) is 2.26. The van der Waals surface area contributed by atoms with E-state index in [4.69, 9.17) is 11.6 Å². The first-order valence-corrected chi connectivity index (χ1v) is 6.24. The molecule has 1 saturated carbocycles. The van der Waals surface area contributed by atoms with Crippen molar-refractivity contribution in [2.24, 2.45) is 5.92 Å². The SMILES string of the molecule is CC1CCCC(Nc2ccc(Cl)cc2F)C1. The third kappa shape index (κ3) is 2.88. The second-order valence-corrected chi connectivity index (χ2v) is 5.17. The van der Waals surface area contributed by atoms with E-state index in [-0.39, 0.29) is 5.82 Å². The smallest absolute Gasteiger partial charge is 0.147 e. The molecule has 1 aliphatic carbocycles. The predicted octanol–water partition coefficient (Wildman–Crippen LogP) is 4.47. The molecule has 1 N–H and O–H groups in total. The van der Waals surface area contributed by atoms with E-state index in [1.54, 1.807) is 12.1 Å². The maximum absolute atomic E-state index is 13.6. The molecule has 16 heavy (non-hydrogen) atoms. The van der Waals surface area contributed by atoms with E-state index < -0.39 is 0 Å². The fourth-order valence-corrected chi connectivity index (χ4v) is 2.55. The van der Waals surface area contributed by atoms with Crippen LogP contribution in [0.2, 0.25) is 5.02 Å². The number of anilines is 1. The number of hydrogen-bond donors (Lipinski definition) is 1. The minimum Gasteiger partial charge on any atom is -0.380 e. The molecule has 1 fully saturated rings. The lowest BCUT2D eigenvalue weighted by Crippen LogP contribution is -2.26. The van der Waals surface area contributed by atoms with E-state index >= 15 is 0 Å². The summed E-state index contributed by atoms with van der Waals surface area (Å²) < 4.78 is 13.6. The van der Waals surface area contributed by atoms with Crippen molar-refractivity contribution in [2.45, 2.75) is 38.6 Å². The highest BCUT2D eigenvalue weighted by atomic mass is 35.5. The van der Waals surface area contributed by atoms with Gasteiger partial charge in [-0.1, -0.05) is 31.4 Å². The molecule has 1 aromatic rings. The monoisotopic (exact) mass is 241 g/mol. The number of hydrogen-bond acceptors (Lipinski definition) is 1. The van der Waals surface area contributed by atoms with E-state index in [0.717, 1.165) is 18.8 Å². The van der Waals surface area contributed by atoms with Gasteiger partial charge in [-0.2, -0.15) is 0 Å². The predicted molar refractivity (Wildman–Crippen MR) is 66.5 cm³/mol. The lowest BCUT2D eigenvalue weighted by molar-refractivity contribution is 0.358. The van der Waals surface area contributed by atoms with Crippen molar-refractivity contribution in [2.75, 3.05) is 5.32 Å². The van der Waals surface area contributed by atoms with Crippen molar-refractivity contribution < 1.29 is 4.39 Å². The number of benzene rings is 1. The lowest BCUT2D eigenvalue weighted by atomic mass is 9.87. The van der Waals surface area contributed by atoms with Crippen molar-refractivity contribution >= 4 is 17.3 Å². The zero-order chi connectivity index (χ0) is 11.5. The van der Waals surface area contributed by atoms with Crippen LogP contribution in [-0.4, -0.2) is 6.04 Å². The number of nitrogens with one attached hydrogen (secondary N) is 1. The first-order chi connectivity index (χ1) is 7.65. The van der Waals surface area contributed by atoms with Gasteiger partial charge in [0.15, 0.2) is 0 Å². The van der Waals surface area contributed by atoms with Crippen LogP contribution in [0.25, 0.3) is 0 Å². The minimum atomic E-state index is -0.259. The zero-order valence-corrected chi connectivity index (χ0v) is 10.2. The van der Waals surface area contributed by atoms with E-state index in [1.807, 2.05) is 0 Å². The molecule has 0 spiro atoms. The topological polar surface area (TPSA) is 12.0 Å². The van der Waals surface area contributed by atoms with Crippen molar-refractivity contribution in [3.63, 3.8) is 0 Å². The van der Waals surface area contributed by atoms with Crippen molar-refractivity contribution in [1.29, 1.82) is 0 Å². The van der Waals surface area contributed by atoms with E-state index in [1.165, 1.54) is 18.9 Å². The summed E-state index contributed by atoms with van der Waals surface area (Å²) in [5, 5.41) is 3.72. The Balaban J connectivity index is 2.02. The van der Waals surface area contributed by atoms with Gasteiger partial charge in [-0.15, -0.1) is 0 Å². The molecule has 2 unspecified atom stereocenters. The molecule has 0 aromatic heterocycles. The zero-order valence-electron chi connectivity index (χ0n) is 9.47. The summed E-state index contributed by atoms with van der Waals surface area (Å²) in [6, 6.07) is 5.20. The Morgan fingerprint density at radius 3 is 2.88 bits per heavy atom. The summed E-state index contributed by atoms with van der Waals surface area (Å²) in [5.74, 6) is 0.479. The molecule has 2 rings (SSSR count). The first-order valence-electron chi connectivity index (χ1n) is 5.87. The summed E-state index contributed by atoms with van der Waals surface area (Å²) in [5.41, 5.74) is 0.573. The third-order valence-corrected chi connectivity index (χ3v) is 3.46. The van der Waals surface area contributed by atoms with E-state index in [2.05, 4.69) is 12.2 Å². The van der Waals surface area contributed by atoms with Gasteiger partial charge in [0.05, 0.1) is 5.69 Å². The van der Waals surface area contributed by atoms with Crippen LogP contribution in [0.4, 0.5) is 10.1 Å². The van der Waals surface area contributed by atoms with E-state index in [0.29, 0.717) is 16.8 Å². The largest absolute Gasteiger partial charge is 0.380 e. The average Bonchev–Trinajstić information content (AvgIpc) is 2.22. The fourth-order valence-electron chi connectivity index (χ4n) is 2.39. The molecule has 0 heterocycles. The van der Waals surface area contributed by atoms with Gasteiger partial charge < -0.3 is 5.32 Å². The van der Waals surface area contributed by atoms with Gasteiger partial charge in [0.2, 0.25) is 0 Å². The van der Waals surface area contributed by atoms with Gasteiger partial charge in [-0.25, -0.2) is 4.39 Å². The molecule has 0 aliphatic heterocycles.